The molecule has 1 saturated heterocycles. The highest BCUT2D eigenvalue weighted by Crippen LogP contribution is 2.33. The average molecular weight is 944 g/mol. The molecule has 11 nitrogen and oxygen atoms in total. The fourth-order valence-electron chi connectivity index (χ4n) is 7.25. The van der Waals surface area contributed by atoms with E-state index in [9.17, 15) is 19.5 Å². The molecule has 2 heterocycles. The maximum Gasteiger partial charge on any atom is 0.251 e. The average Bonchev–Trinajstić information content (AvgIpc) is 3.67. The van der Waals surface area contributed by atoms with Crippen molar-refractivity contribution < 1.29 is 19.5 Å². The third-order valence-corrected chi connectivity index (χ3v) is 13.5. The lowest BCUT2D eigenvalue weighted by molar-refractivity contribution is -0.121. The van der Waals surface area contributed by atoms with Gasteiger partial charge in [0.1, 0.15) is 0 Å². The Morgan fingerprint density at radius 1 is 0.761 bits per heavy atom. The fraction of sp³-hybridized carbons (Fsp3) is 0.370. The summed E-state index contributed by atoms with van der Waals surface area (Å²) in [6.07, 6.45) is 29.0. The van der Waals surface area contributed by atoms with E-state index in [0.29, 0.717) is 59.9 Å². The van der Waals surface area contributed by atoms with Gasteiger partial charge in [0.15, 0.2) is 5.88 Å². The number of nitrogens with one attached hydrogen (secondary N) is 3. The van der Waals surface area contributed by atoms with E-state index < -0.39 is 0 Å². The second kappa shape index (κ2) is 29.9. The van der Waals surface area contributed by atoms with Crippen LogP contribution in [0.1, 0.15) is 79.8 Å². The Labute approximate surface area is 406 Å². The Bertz CT molecular complexity index is 2330. The number of amides is 3. The molecule has 4 N–H and O–H groups in total. The van der Waals surface area contributed by atoms with Crippen LogP contribution in [-0.4, -0.2) is 115 Å². The number of piperazine rings is 1. The third-order valence-electron chi connectivity index (χ3n) is 11.1. The number of H-pyrrole nitrogens is 1. The Morgan fingerprint density at radius 2 is 1.37 bits per heavy atom. The molecule has 1 aliphatic rings. The molecular formula is C54H69N7O4S2. The molecule has 5 rings (SSSR count). The number of benzene rings is 3. The molecule has 1 aliphatic heterocycles. The van der Waals surface area contributed by atoms with Gasteiger partial charge in [0.25, 0.3) is 5.91 Å². The summed E-state index contributed by atoms with van der Waals surface area (Å²) in [5.74, 6) is 1.36. The van der Waals surface area contributed by atoms with Crippen LogP contribution in [0.4, 0.5) is 11.4 Å². The highest BCUT2D eigenvalue weighted by Gasteiger charge is 2.22. The van der Waals surface area contributed by atoms with Crippen LogP contribution < -0.4 is 15.5 Å². The topological polar surface area (TPSA) is 133 Å². The first-order chi connectivity index (χ1) is 32.7. The molecule has 0 bridgehead atoms. The highest BCUT2D eigenvalue weighted by molar-refractivity contribution is 8.76. The van der Waals surface area contributed by atoms with Crippen LogP contribution in [0, 0.1) is 0 Å². The van der Waals surface area contributed by atoms with E-state index >= 15 is 0 Å². The Kier molecular flexibility index (Phi) is 23.4. The van der Waals surface area contributed by atoms with Crippen molar-refractivity contribution >= 4 is 67.3 Å². The standard InChI is InChI=1S/C54H69N7O4S2/c1-4-5-6-7-8-9-10-11-12-13-14-15-16-17-18-19-23-26-49(62)55-33-39-66-67-40-34-56-53(64)44-27-32-47-48(41-44)58-54(65)51(47)52(43-24-21-20-22-25-43)57-45-28-30-46(31-29-45)60(3)50(63)42-61-37-35-59(2)36-38-61/h5-6,8-9,11-12,14-15,17-18,20-22,24-25,27-32,41,58,65H,4,7,10,13,16,19,23,26,33-40,42H2,1-3H3,(H,55,62)(H,56,64)/b6-5-,9-8-,12-11-,15-14-,18-17-,57-52?. The van der Waals surface area contributed by atoms with Crippen molar-refractivity contribution in [3.8, 4) is 5.88 Å². The van der Waals surface area contributed by atoms with Crippen molar-refractivity contribution in [2.45, 2.75) is 58.3 Å². The van der Waals surface area contributed by atoms with Crippen LogP contribution in [0.15, 0.2) is 139 Å². The van der Waals surface area contributed by atoms with Crippen molar-refractivity contribution in [3.63, 3.8) is 0 Å². The monoisotopic (exact) mass is 943 g/mol. The van der Waals surface area contributed by atoms with E-state index in [0.717, 1.165) is 93.5 Å². The number of nitrogens with zero attached hydrogens (tertiary/aromatic N) is 4. The zero-order valence-electron chi connectivity index (χ0n) is 39.5. The minimum absolute atomic E-state index is 0.0364. The molecule has 1 fully saturated rings. The van der Waals surface area contributed by atoms with Crippen LogP contribution >= 0.6 is 21.6 Å². The first-order valence-corrected chi connectivity index (χ1v) is 26.0. The van der Waals surface area contributed by atoms with E-state index in [1.165, 1.54) is 0 Å². The van der Waals surface area contributed by atoms with Gasteiger partial charge in [0.2, 0.25) is 11.8 Å². The predicted molar refractivity (Wildman–Crippen MR) is 284 cm³/mol. The molecule has 3 aromatic carbocycles. The second-order valence-electron chi connectivity index (χ2n) is 16.3. The zero-order chi connectivity index (χ0) is 47.5. The zero-order valence-corrected chi connectivity index (χ0v) is 41.1. The number of carbonyl (C=O) groups is 3. The summed E-state index contributed by atoms with van der Waals surface area (Å²) in [7, 11) is 7.23. The summed E-state index contributed by atoms with van der Waals surface area (Å²) in [5, 5.41) is 18.0. The molecule has 0 radical (unpaired) electrons. The molecule has 0 aliphatic carbocycles. The summed E-state index contributed by atoms with van der Waals surface area (Å²) in [6, 6.07) is 22.5. The summed E-state index contributed by atoms with van der Waals surface area (Å²) in [6.45, 7) is 7.28. The molecule has 1 aromatic heterocycles. The molecular weight excluding hydrogens is 875 g/mol. The fourth-order valence-corrected chi connectivity index (χ4v) is 9.06. The molecule has 13 heteroatoms. The predicted octanol–water partition coefficient (Wildman–Crippen LogP) is 10.4. The minimum atomic E-state index is -0.205. The first-order valence-electron chi connectivity index (χ1n) is 23.5. The van der Waals surface area contributed by atoms with Gasteiger partial charge in [-0.3, -0.25) is 19.3 Å². The van der Waals surface area contributed by atoms with E-state index in [2.05, 4.69) is 100 Å². The summed E-state index contributed by atoms with van der Waals surface area (Å²) >= 11 is 0. The van der Waals surface area contributed by atoms with Crippen molar-refractivity contribution in [2.75, 3.05) is 76.3 Å². The van der Waals surface area contributed by atoms with Gasteiger partial charge in [0.05, 0.1) is 23.5 Å². The maximum atomic E-state index is 13.2. The molecule has 67 heavy (non-hydrogen) atoms. The number of unbranched alkanes of at least 4 members (excludes halogenated alkanes) is 1. The number of carbonyl (C=O) groups excluding carboxylic acids is 3. The van der Waals surface area contributed by atoms with Crippen LogP contribution in [0.2, 0.25) is 0 Å². The molecule has 4 aromatic rings. The minimum Gasteiger partial charge on any atom is -0.494 e. The van der Waals surface area contributed by atoms with Gasteiger partial charge in [-0.15, -0.1) is 0 Å². The number of rotatable bonds is 27. The van der Waals surface area contributed by atoms with Crippen molar-refractivity contribution in [2.24, 2.45) is 4.99 Å². The second-order valence-corrected chi connectivity index (χ2v) is 19.0. The lowest BCUT2D eigenvalue weighted by Gasteiger charge is -2.32. The molecule has 0 saturated carbocycles. The van der Waals surface area contributed by atoms with Gasteiger partial charge >= 0.3 is 0 Å². The number of fused-ring (bicyclic) bond motifs is 1. The lowest BCUT2D eigenvalue weighted by atomic mass is 10.00. The van der Waals surface area contributed by atoms with Crippen LogP contribution in [-0.2, 0) is 9.59 Å². The number of anilines is 1. The van der Waals surface area contributed by atoms with Gasteiger partial charge in [-0.2, -0.15) is 0 Å². The summed E-state index contributed by atoms with van der Waals surface area (Å²) < 4.78 is 0. The maximum absolute atomic E-state index is 13.2. The number of aromatic hydroxyl groups is 1. The van der Waals surface area contributed by atoms with E-state index in [4.69, 9.17) is 4.99 Å². The van der Waals surface area contributed by atoms with Gasteiger partial charge in [-0.05, 0) is 88.4 Å². The summed E-state index contributed by atoms with van der Waals surface area (Å²) in [4.78, 5) is 52.8. The van der Waals surface area contributed by atoms with Crippen LogP contribution in [0.3, 0.4) is 0 Å². The highest BCUT2D eigenvalue weighted by atomic mass is 33.1. The Morgan fingerprint density at radius 3 is 2.01 bits per heavy atom. The molecule has 3 amide bonds. The van der Waals surface area contributed by atoms with Crippen molar-refractivity contribution in [1.29, 1.82) is 0 Å². The van der Waals surface area contributed by atoms with Crippen LogP contribution in [0.5, 0.6) is 5.88 Å². The lowest BCUT2D eigenvalue weighted by Crippen LogP contribution is -2.48. The number of aromatic nitrogens is 1. The number of allylic oxidation sites excluding steroid dienone is 10. The largest absolute Gasteiger partial charge is 0.494 e. The number of hydrogen-bond donors (Lipinski definition) is 4. The number of likely N-dealkylation sites (N-methyl/N-ethyl adjacent to an activating group) is 2. The van der Waals surface area contributed by atoms with Gasteiger partial charge in [0, 0.05) is 92.0 Å². The van der Waals surface area contributed by atoms with E-state index in [-0.39, 0.29) is 23.6 Å². The summed E-state index contributed by atoms with van der Waals surface area (Å²) in [5.41, 5.74) is 4.44. The number of hydrogen-bond acceptors (Lipinski definition) is 9. The molecule has 0 spiro atoms. The van der Waals surface area contributed by atoms with Crippen LogP contribution in [0.25, 0.3) is 10.9 Å². The van der Waals surface area contributed by atoms with Crippen molar-refractivity contribution in [3.05, 3.63) is 150 Å². The SMILES string of the molecule is CC/C=C\C/C=C\C/C=C\C/C=C\C/C=C\CCCC(=O)NCCSSCCNC(=O)c1ccc2c(C(=Nc3ccc(N(C)C(=O)CN4CCN(C)CC4)cc3)c3ccccc3)c(O)[nH]c2c1. The number of aliphatic imine (C=N–C) groups is 1. The Balaban J connectivity index is 0.998. The first kappa shape index (κ1) is 52.4. The molecule has 0 unspecified atom stereocenters. The van der Waals surface area contributed by atoms with Gasteiger partial charge in [-0.25, -0.2) is 4.99 Å². The molecule has 356 valence electrons. The quantitative estimate of drug-likeness (QED) is 0.0201. The normalized spacial score (nSPS) is 14.2. The third kappa shape index (κ3) is 18.5. The molecule has 0 atom stereocenters. The Hall–Kier alpha value is -5.60. The van der Waals surface area contributed by atoms with Gasteiger partial charge < -0.3 is 30.5 Å². The van der Waals surface area contributed by atoms with Crippen molar-refractivity contribution in [1.82, 2.24) is 25.4 Å². The number of aromatic amines is 1. The van der Waals surface area contributed by atoms with E-state index in [1.54, 1.807) is 45.7 Å². The smallest absolute Gasteiger partial charge is 0.251 e. The van der Waals surface area contributed by atoms with E-state index in [1.807, 2.05) is 60.7 Å². The van der Waals surface area contributed by atoms with Gasteiger partial charge in [-0.1, -0.05) is 126 Å².